The maximum absolute atomic E-state index is 11.2. The van der Waals surface area contributed by atoms with Gasteiger partial charge in [0, 0.05) is 23.3 Å². The minimum atomic E-state index is -0.371. The Morgan fingerprint density at radius 3 is 2.37 bits per heavy atom. The molecule has 0 spiro atoms. The molecule has 6 nitrogen and oxygen atoms in total. The molecule has 0 aliphatic carbocycles. The van der Waals surface area contributed by atoms with E-state index < -0.39 is 0 Å². The van der Waals surface area contributed by atoms with E-state index >= 15 is 0 Å². The van der Waals surface area contributed by atoms with E-state index in [4.69, 9.17) is 9.72 Å². The number of non-ortho nitro benzene ring substituents is 1. The summed E-state index contributed by atoms with van der Waals surface area (Å²) in [5.74, 6) is 0.780. The monoisotopic (exact) mass is 415 g/mol. The number of fused-ring (bicyclic) bond motifs is 3. The molecule has 3 aromatic carbocycles. The summed E-state index contributed by atoms with van der Waals surface area (Å²) >= 11 is 1.45. The maximum Gasteiger partial charge on any atom is 0.270 e. The molecule has 0 N–H and O–H groups in total. The van der Waals surface area contributed by atoms with E-state index in [1.807, 2.05) is 24.3 Å². The first-order valence-electron chi connectivity index (χ1n) is 9.36. The molecule has 0 saturated carbocycles. The van der Waals surface area contributed by atoms with Gasteiger partial charge in [-0.3, -0.25) is 14.5 Å². The number of benzene rings is 3. The van der Waals surface area contributed by atoms with Crippen LogP contribution < -0.4 is 4.74 Å². The molecular weight excluding hydrogens is 398 g/mol. The van der Waals surface area contributed by atoms with Crippen molar-refractivity contribution in [3.8, 4) is 28.3 Å². The zero-order valence-corrected chi connectivity index (χ0v) is 17.1. The van der Waals surface area contributed by atoms with Gasteiger partial charge in [0.05, 0.1) is 33.6 Å². The molecule has 30 heavy (non-hydrogen) atoms. The van der Waals surface area contributed by atoms with Crippen LogP contribution in [0.3, 0.4) is 0 Å². The summed E-state index contributed by atoms with van der Waals surface area (Å²) in [7, 11) is 1.64. The summed E-state index contributed by atoms with van der Waals surface area (Å²) in [5, 5.41) is 11.2. The number of thiazole rings is 1. The molecule has 0 saturated heterocycles. The fourth-order valence-electron chi connectivity index (χ4n) is 3.60. The van der Waals surface area contributed by atoms with Gasteiger partial charge in [-0.2, -0.15) is 0 Å². The number of nitro benzene ring substituents is 1. The first-order valence-corrected chi connectivity index (χ1v) is 10.2. The highest BCUT2D eigenvalue weighted by molar-refractivity contribution is 7.23. The van der Waals surface area contributed by atoms with E-state index in [2.05, 4.69) is 35.6 Å². The van der Waals surface area contributed by atoms with Gasteiger partial charge in [-0.05, 0) is 37.3 Å². The predicted octanol–water partition coefficient (Wildman–Crippen LogP) is 6.11. The lowest BCUT2D eigenvalue weighted by molar-refractivity contribution is -0.384. The number of nitro groups is 1. The molecule has 0 atom stereocenters. The van der Waals surface area contributed by atoms with Gasteiger partial charge in [-0.25, -0.2) is 4.98 Å². The van der Waals surface area contributed by atoms with Crippen LogP contribution in [0.1, 0.15) is 5.56 Å². The Morgan fingerprint density at radius 1 is 1.00 bits per heavy atom. The SMILES string of the molecule is COc1ccc(-c2c(-c3ccc(C)cc3)nc3sc4cc([N+](=O)[O-])ccc4n23)cc1. The summed E-state index contributed by atoms with van der Waals surface area (Å²) in [6.07, 6.45) is 0. The van der Waals surface area contributed by atoms with E-state index in [9.17, 15) is 10.1 Å². The van der Waals surface area contributed by atoms with Gasteiger partial charge in [-0.1, -0.05) is 41.2 Å². The maximum atomic E-state index is 11.2. The number of imidazole rings is 1. The molecule has 0 amide bonds. The average Bonchev–Trinajstić information content (AvgIpc) is 3.29. The first-order chi connectivity index (χ1) is 14.5. The average molecular weight is 415 g/mol. The molecule has 2 aromatic heterocycles. The number of aryl methyl sites for hydroxylation is 1. The fourth-order valence-corrected chi connectivity index (χ4v) is 4.66. The summed E-state index contributed by atoms with van der Waals surface area (Å²) in [6.45, 7) is 2.06. The molecule has 5 aromatic rings. The summed E-state index contributed by atoms with van der Waals surface area (Å²) in [6, 6.07) is 21.1. The van der Waals surface area contributed by atoms with Crippen molar-refractivity contribution in [1.82, 2.24) is 9.38 Å². The lowest BCUT2D eigenvalue weighted by atomic mass is 10.0. The lowest BCUT2D eigenvalue weighted by Gasteiger charge is -2.08. The topological polar surface area (TPSA) is 69.7 Å². The van der Waals surface area contributed by atoms with Gasteiger partial charge in [0.15, 0.2) is 4.96 Å². The number of ether oxygens (including phenoxy) is 1. The molecule has 7 heteroatoms. The molecule has 0 aliphatic rings. The van der Waals surface area contributed by atoms with Gasteiger partial charge in [0.25, 0.3) is 5.69 Å². The van der Waals surface area contributed by atoms with Crippen molar-refractivity contribution >= 4 is 32.2 Å². The van der Waals surface area contributed by atoms with Crippen LogP contribution in [0.4, 0.5) is 5.69 Å². The van der Waals surface area contributed by atoms with Gasteiger partial charge < -0.3 is 4.74 Å². The highest BCUT2D eigenvalue weighted by atomic mass is 32.1. The van der Waals surface area contributed by atoms with Crippen LogP contribution in [0, 0.1) is 17.0 Å². The Morgan fingerprint density at radius 2 is 1.70 bits per heavy atom. The summed E-state index contributed by atoms with van der Waals surface area (Å²) < 4.78 is 8.22. The number of hydrogen-bond acceptors (Lipinski definition) is 5. The second kappa shape index (κ2) is 6.96. The van der Waals surface area contributed by atoms with Crippen LogP contribution in [0.2, 0.25) is 0 Å². The zero-order chi connectivity index (χ0) is 20.8. The Kier molecular flexibility index (Phi) is 4.25. The van der Waals surface area contributed by atoms with Gasteiger partial charge >= 0.3 is 0 Å². The zero-order valence-electron chi connectivity index (χ0n) is 16.3. The molecule has 0 unspecified atom stereocenters. The number of nitrogens with zero attached hydrogens (tertiary/aromatic N) is 3. The van der Waals surface area contributed by atoms with E-state index in [0.29, 0.717) is 0 Å². The summed E-state index contributed by atoms with van der Waals surface area (Å²) in [5.41, 5.74) is 6.02. The van der Waals surface area contributed by atoms with Gasteiger partial charge in [0.1, 0.15) is 5.75 Å². The Hall–Kier alpha value is -3.71. The largest absolute Gasteiger partial charge is 0.497 e. The highest BCUT2D eigenvalue weighted by Gasteiger charge is 2.21. The van der Waals surface area contributed by atoms with Crippen LogP contribution in [-0.2, 0) is 0 Å². The van der Waals surface area contributed by atoms with Crippen molar-refractivity contribution in [3.63, 3.8) is 0 Å². The molecule has 5 rings (SSSR count). The fraction of sp³-hybridized carbons (Fsp3) is 0.0870. The Labute approximate surface area is 176 Å². The normalized spacial score (nSPS) is 11.3. The predicted molar refractivity (Wildman–Crippen MR) is 119 cm³/mol. The van der Waals surface area contributed by atoms with Gasteiger partial charge in [-0.15, -0.1) is 0 Å². The highest BCUT2D eigenvalue weighted by Crippen LogP contribution is 2.39. The molecule has 0 radical (unpaired) electrons. The third-order valence-corrected chi connectivity index (χ3v) is 6.13. The second-order valence-electron chi connectivity index (χ2n) is 7.03. The Bertz CT molecular complexity index is 1400. The van der Waals surface area contributed by atoms with E-state index in [0.717, 1.165) is 43.4 Å². The number of hydrogen-bond donors (Lipinski definition) is 0. The van der Waals surface area contributed by atoms with Crippen LogP contribution in [0.5, 0.6) is 5.75 Å². The van der Waals surface area contributed by atoms with Crippen molar-refractivity contribution in [1.29, 1.82) is 0 Å². The van der Waals surface area contributed by atoms with E-state index in [-0.39, 0.29) is 10.6 Å². The standard InChI is InChI=1S/C23H17N3O3S/c1-14-3-5-15(6-4-14)21-22(16-7-10-18(29-2)11-8-16)25-19-12-9-17(26(27)28)13-20(19)30-23(25)24-21/h3-13H,1-2H3. The van der Waals surface area contributed by atoms with Crippen molar-refractivity contribution < 1.29 is 9.66 Å². The number of aromatic nitrogens is 2. The smallest absolute Gasteiger partial charge is 0.270 e. The molecular formula is C23H17N3O3S. The van der Waals surface area contributed by atoms with E-state index in [1.165, 1.54) is 23.0 Å². The number of methoxy groups -OCH3 is 1. The van der Waals surface area contributed by atoms with Crippen molar-refractivity contribution in [3.05, 3.63) is 82.4 Å². The van der Waals surface area contributed by atoms with Crippen LogP contribution in [0.15, 0.2) is 66.7 Å². The summed E-state index contributed by atoms with van der Waals surface area (Å²) in [4.78, 5) is 16.5. The van der Waals surface area contributed by atoms with Crippen LogP contribution in [0.25, 0.3) is 37.7 Å². The van der Waals surface area contributed by atoms with Gasteiger partial charge in [0.2, 0.25) is 0 Å². The second-order valence-corrected chi connectivity index (χ2v) is 8.04. The third kappa shape index (κ3) is 2.91. The Balaban J connectivity index is 1.82. The molecule has 0 bridgehead atoms. The van der Waals surface area contributed by atoms with Crippen molar-refractivity contribution in [2.75, 3.05) is 7.11 Å². The minimum Gasteiger partial charge on any atom is -0.497 e. The molecule has 0 aliphatic heterocycles. The molecule has 0 fully saturated rings. The van der Waals surface area contributed by atoms with Crippen molar-refractivity contribution in [2.24, 2.45) is 0 Å². The quantitative estimate of drug-likeness (QED) is 0.262. The van der Waals surface area contributed by atoms with Crippen LogP contribution >= 0.6 is 11.3 Å². The lowest BCUT2D eigenvalue weighted by Crippen LogP contribution is -1.91. The first kappa shape index (κ1) is 18.3. The molecule has 2 heterocycles. The minimum absolute atomic E-state index is 0.0803. The number of rotatable bonds is 4. The van der Waals surface area contributed by atoms with Crippen molar-refractivity contribution in [2.45, 2.75) is 6.92 Å². The third-order valence-electron chi connectivity index (χ3n) is 5.13. The van der Waals surface area contributed by atoms with E-state index in [1.54, 1.807) is 19.2 Å². The molecule has 148 valence electrons. The van der Waals surface area contributed by atoms with Crippen LogP contribution in [-0.4, -0.2) is 21.4 Å².